The summed E-state index contributed by atoms with van der Waals surface area (Å²) >= 11 is 0. The van der Waals surface area contributed by atoms with Gasteiger partial charge in [-0.05, 0) is 44.9 Å². The lowest BCUT2D eigenvalue weighted by Crippen LogP contribution is -2.43. The Kier molecular flexibility index (Phi) is 9.05. The van der Waals surface area contributed by atoms with E-state index in [4.69, 9.17) is 10.2 Å². The van der Waals surface area contributed by atoms with Crippen LogP contribution in [0.4, 0.5) is 5.69 Å². The Morgan fingerprint density at radius 2 is 1.83 bits per heavy atom. The number of carboxylic acid groups (broad SMARTS) is 1. The Bertz CT molecular complexity index is 465. The van der Waals surface area contributed by atoms with Crippen LogP contribution in [-0.4, -0.2) is 39.8 Å². The molecule has 0 aromatic heterocycles. The highest BCUT2D eigenvalue weighted by Crippen LogP contribution is 2.11. The fourth-order valence-electron chi connectivity index (χ4n) is 1.48. The van der Waals surface area contributed by atoms with Crippen LogP contribution in [0.15, 0.2) is 24.3 Å². The van der Waals surface area contributed by atoms with E-state index in [-0.39, 0.29) is 23.4 Å². The highest BCUT2D eigenvalue weighted by molar-refractivity contribution is 5.87. The summed E-state index contributed by atoms with van der Waals surface area (Å²) in [6.07, 6.45) is 1.17. The van der Waals surface area contributed by atoms with Gasteiger partial charge in [-0.1, -0.05) is 13.8 Å². The molecule has 23 heavy (non-hydrogen) atoms. The maximum absolute atomic E-state index is 10.3. The molecule has 0 saturated carbocycles. The van der Waals surface area contributed by atoms with Gasteiger partial charge in [-0.3, -0.25) is 10.1 Å². The average molecular weight is 326 g/mol. The standard InChI is InChI=1S/C9H21NO.C7H5NO4/c1-8(2)5-6-10-9(3,4)7-11;9-7(10)5-1-3-6(4-2-5)8(11)12/h8,10-11H,5-7H2,1-4H3;1-4H,(H,9,10). The number of benzene rings is 1. The summed E-state index contributed by atoms with van der Waals surface area (Å²) in [6.45, 7) is 9.61. The van der Waals surface area contributed by atoms with Crippen LogP contribution < -0.4 is 5.32 Å². The molecule has 0 aliphatic rings. The van der Waals surface area contributed by atoms with Crippen molar-refractivity contribution in [2.24, 2.45) is 5.92 Å². The first-order chi connectivity index (χ1) is 10.6. The van der Waals surface area contributed by atoms with Crippen molar-refractivity contribution in [2.75, 3.05) is 13.2 Å². The predicted molar refractivity (Wildman–Crippen MR) is 88.7 cm³/mol. The van der Waals surface area contributed by atoms with Crippen molar-refractivity contribution in [1.82, 2.24) is 5.32 Å². The Balaban J connectivity index is 0.000000423. The molecule has 7 heteroatoms. The van der Waals surface area contributed by atoms with Gasteiger partial charge in [0, 0.05) is 17.7 Å². The summed E-state index contributed by atoms with van der Waals surface area (Å²) < 4.78 is 0. The van der Waals surface area contributed by atoms with Crippen LogP contribution in [0.25, 0.3) is 0 Å². The van der Waals surface area contributed by atoms with Gasteiger partial charge in [0.1, 0.15) is 0 Å². The van der Waals surface area contributed by atoms with Gasteiger partial charge < -0.3 is 15.5 Å². The topological polar surface area (TPSA) is 113 Å². The van der Waals surface area contributed by atoms with Crippen molar-refractivity contribution in [1.29, 1.82) is 0 Å². The van der Waals surface area contributed by atoms with Crippen LogP contribution in [-0.2, 0) is 0 Å². The van der Waals surface area contributed by atoms with E-state index in [1.54, 1.807) is 0 Å². The van der Waals surface area contributed by atoms with Gasteiger partial charge >= 0.3 is 5.97 Å². The maximum atomic E-state index is 10.3. The van der Waals surface area contributed by atoms with Crippen LogP contribution in [0, 0.1) is 16.0 Å². The summed E-state index contributed by atoms with van der Waals surface area (Å²) in [5.41, 5.74) is -0.185. The smallest absolute Gasteiger partial charge is 0.335 e. The Morgan fingerprint density at radius 3 is 2.17 bits per heavy atom. The van der Waals surface area contributed by atoms with Gasteiger partial charge in [0.15, 0.2) is 0 Å². The maximum Gasteiger partial charge on any atom is 0.335 e. The molecule has 0 fully saturated rings. The Labute approximate surface area is 136 Å². The zero-order chi connectivity index (χ0) is 18.0. The summed E-state index contributed by atoms with van der Waals surface area (Å²) in [4.78, 5) is 19.9. The van der Waals surface area contributed by atoms with Gasteiger partial charge in [-0.15, -0.1) is 0 Å². The first-order valence-electron chi connectivity index (χ1n) is 7.42. The molecule has 1 aromatic rings. The van der Waals surface area contributed by atoms with Crippen LogP contribution in [0.1, 0.15) is 44.5 Å². The molecule has 0 spiro atoms. The number of hydrogen-bond acceptors (Lipinski definition) is 5. The van der Waals surface area contributed by atoms with Crippen molar-refractivity contribution in [3.8, 4) is 0 Å². The molecule has 0 saturated heterocycles. The van der Waals surface area contributed by atoms with E-state index in [2.05, 4.69) is 19.2 Å². The predicted octanol–water partition coefficient (Wildman–Crippen LogP) is 2.69. The number of nitrogens with zero attached hydrogens (tertiary/aromatic N) is 1. The molecule has 1 rings (SSSR count). The van der Waals surface area contributed by atoms with Crippen molar-refractivity contribution in [3.63, 3.8) is 0 Å². The highest BCUT2D eigenvalue weighted by Gasteiger charge is 2.14. The summed E-state index contributed by atoms with van der Waals surface area (Å²) in [5, 5.41) is 30.8. The number of hydrogen-bond donors (Lipinski definition) is 3. The molecule has 0 atom stereocenters. The normalized spacial score (nSPS) is 10.9. The van der Waals surface area contributed by atoms with Gasteiger partial charge in [-0.25, -0.2) is 4.79 Å². The molecule has 0 aliphatic heterocycles. The fourth-order valence-corrected chi connectivity index (χ4v) is 1.48. The lowest BCUT2D eigenvalue weighted by Gasteiger charge is -2.23. The van der Waals surface area contributed by atoms with E-state index in [9.17, 15) is 14.9 Å². The van der Waals surface area contributed by atoms with Crippen LogP contribution in [0.3, 0.4) is 0 Å². The molecule has 0 amide bonds. The number of aromatic carboxylic acids is 1. The molecular weight excluding hydrogens is 300 g/mol. The number of carbonyl (C=O) groups is 1. The van der Waals surface area contributed by atoms with E-state index < -0.39 is 10.9 Å². The second-order valence-electron chi connectivity index (χ2n) is 6.26. The third-order valence-corrected chi connectivity index (χ3v) is 3.05. The lowest BCUT2D eigenvalue weighted by atomic mass is 10.1. The van der Waals surface area contributed by atoms with Gasteiger partial charge in [0.05, 0.1) is 17.1 Å². The molecular formula is C16H26N2O5. The minimum atomic E-state index is -1.09. The first-order valence-corrected chi connectivity index (χ1v) is 7.42. The summed E-state index contributed by atoms with van der Waals surface area (Å²) in [7, 11) is 0. The third-order valence-electron chi connectivity index (χ3n) is 3.05. The fraction of sp³-hybridized carbons (Fsp3) is 0.562. The number of rotatable bonds is 7. The summed E-state index contributed by atoms with van der Waals surface area (Å²) in [6, 6.07) is 4.70. The second kappa shape index (κ2) is 9.91. The number of carboxylic acids is 1. The number of aliphatic hydroxyl groups is 1. The Morgan fingerprint density at radius 1 is 1.30 bits per heavy atom. The largest absolute Gasteiger partial charge is 0.478 e. The SMILES string of the molecule is CC(C)CCNC(C)(C)CO.O=C(O)c1ccc([N+](=O)[O-])cc1. The van der Waals surface area contributed by atoms with E-state index >= 15 is 0 Å². The molecule has 0 heterocycles. The lowest BCUT2D eigenvalue weighted by molar-refractivity contribution is -0.384. The molecule has 0 bridgehead atoms. The number of nitrogens with one attached hydrogen (secondary N) is 1. The number of non-ortho nitro benzene ring substituents is 1. The summed E-state index contributed by atoms with van der Waals surface area (Å²) in [5.74, 6) is -0.359. The molecule has 0 unspecified atom stereocenters. The third kappa shape index (κ3) is 9.59. The zero-order valence-electron chi connectivity index (χ0n) is 14.1. The van der Waals surface area contributed by atoms with Crippen molar-refractivity contribution >= 4 is 11.7 Å². The van der Waals surface area contributed by atoms with E-state index in [0.717, 1.165) is 24.6 Å². The minimum Gasteiger partial charge on any atom is -0.478 e. The van der Waals surface area contributed by atoms with Gasteiger partial charge in [0.2, 0.25) is 0 Å². The molecule has 3 N–H and O–H groups in total. The van der Waals surface area contributed by atoms with E-state index in [1.807, 2.05) is 13.8 Å². The monoisotopic (exact) mass is 326 g/mol. The van der Waals surface area contributed by atoms with E-state index in [1.165, 1.54) is 18.6 Å². The number of aliphatic hydroxyl groups excluding tert-OH is 1. The zero-order valence-corrected chi connectivity index (χ0v) is 14.1. The van der Waals surface area contributed by atoms with Crippen LogP contribution in [0.2, 0.25) is 0 Å². The molecule has 0 radical (unpaired) electrons. The average Bonchev–Trinajstić information content (AvgIpc) is 2.47. The molecule has 0 aliphatic carbocycles. The van der Waals surface area contributed by atoms with E-state index in [0.29, 0.717) is 0 Å². The quantitative estimate of drug-likeness (QED) is 0.524. The van der Waals surface area contributed by atoms with Crippen LogP contribution >= 0.6 is 0 Å². The number of nitro groups is 1. The first kappa shape index (κ1) is 21.0. The highest BCUT2D eigenvalue weighted by atomic mass is 16.6. The van der Waals surface area contributed by atoms with Crippen molar-refractivity contribution in [2.45, 2.75) is 39.7 Å². The molecule has 130 valence electrons. The Hall–Kier alpha value is -1.99. The molecule has 7 nitrogen and oxygen atoms in total. The van der Waals surface area contributed by atoms with Crippen molar-refractivity contribution in [3.05, 3.63) is 39.9 Å². The molecule has 1 aromatic carbocycles. The second-order valence-corrected chi connectivity index (χ2v) is 6.26. The van der Waals surface area contributed by atoms with Crippen LogP contribution in [0.5, 0.6) is 0 Å². The number of nitro benzene ring substituents is 1. The van der Waals surface area contributed by atoms with Crippen molar-refractivity contribution < 1.29 is 19.9 Å². The van der Waals surface area contributed by atoms with Gasteiger partial charge in [0.25, 0.3) is 5.69 Å². The minimum absolute atomic E-state index is 0.0422. The van der Waals surface area contributed by atoms with Gasteiger partial charge in [-0.2, -0.15) is 0 Å².